The summed E-state index contributed by atoms with van der Waals surface area (Å²) in [4.78, 5) is 17.1. The first-order chi connectivity index (χ1) is 12.2. The normalized spacial score (nSPS) is 22.8. The lowest BCUT2D eigenvalue weighted by atomic mass is 10.1. The topological polar surface area (TPSA) is 55.8 Å². The molecule has 1 aliphatic heterocycles. The first-order valence-corrected chi connectivity index (χ1v) is 9.68. The number of aryl methyl sites for hydroxylation is 1. The number of aliphatic hydroxyl groups excluding tert-OH is 1. The summed E-state index contributed by atoms with van der Waals surface area (Å²) in [6.07, 6.45) is 4.29. The van der Waals surface area contributed by atoms with Crippen LogP contribution in [0.3, 0.4) is 0 Å². The van der Waals surface area contributed by atoms with Gasteiger partial charge in [0.05, 0.1) is 12.6 Å². The number of carbonyl (C=O) groups excluding carboxylic acids is 1. The summed E-state index contributed by atoms with van der Waals surface area (Å²) in [6.45, 7) is 6.71. The van der Waals surface area contributed by atoms with E-state index in [1.165, 1.54) is 17.5 Å². The molecule has 0 saturated carbocycles. The highest BCUT2D eigenvalue weighted by molar-refractivity contribution is 5.75. The average molecular weight is 345 g/mol. The minimum atomic E-state index is -0.0373. The summed E-state index contributed by atoms with van der Waals surface area (Å²) in [6, 6.07) is 8.40. The van der Waals surface area contributed by atoms with Crippen molar-refractivity contribution in [1.29, 1.82) is 0 Å². The van der Waals surface area contributed by atoms with Gasteiger partial charge in [-0.1, -0.05) is 31.2 Å². The second kappa shape index (κ2) is 8.68. The molecule has 2 aliphatic rings. The number of carbonyl (C=O) groups is 1. The van der Waals surface area contributed by atoms with Crippen LogP contribution in [0.25, 0.3) is 0 Å². The molecule has 2 atom stereocenters. The molecule has 2 N–H and O–H groups in total. The van der Waals surface area contributed by atoms with Gasteiger partial charge in [0.1, 0.15) is 0 Å². The van der Waals surface area contributed by atoms with Crippen molar-refractivity contribution in [2.45, 2.75) is 38.6 Å². The van der Waals surface area contributed by atoms with Gasteiger partial charge in [0.2, 0.25) is 0 Å². The molecule has 2 amide bonds. The van der Waals surface area contributed by atoms with E-state index in [0.29, 0.717) is 12.5 Å². The van der Waals surface area contributed by atoms with Crippen LogP contribution in [0.5, 0.6) is 0 Å². The Morgan fingerprint density at radius 3 is 3.00 bits per heavy atom. The van der Waals surface area contributed by atoms with Gasteiger partial charge in [-0.15, -0.1) is 0 Å². The smallest absolute Gasteiger partial charge is 0.318 e. The van der Waals surface area contributed by atoms with E-state index >= 15 is 0 Å². The Bertz CT molecular complexity index is 578. The summed E-state index contributed by atoms with van der Waals surface area (Å²) in [7, 11) is 0. The summed E-state index contributed by atoms with van der Waals surface area (Å²) in [5, 5.41) is 12.6. The van der Waals surface area contributed by atoms with Crippen molar-refractivity contribution < 1.29 is 9.90 Å². The number of rotatable bonds is 7. The number of hydrogen-bond donors (Lipinski definition) is 2. The number of amides is 2. The van der Waals surface area contributed by atoms with E-state index in [1.54, 1.807) is 0 Å². The Labute approximate surface area is 151 Å². The third kappa shape index (κ3) is 4.33. The molecular weight excluding hydrogens is 314 g/mol. The number of benzene rings is 1. The maximum absolute atomic E-state index is 12.8. The predicted octanol–water partition coefficient (Wildman–Crippen LogP) is 2.41. The van der Waals surface area contributed by atoms with Gasteiger partial charge in [-0.3, -0.25) is 0 Å². The monoisotopic (exact) mass is 345 g/mol. The maximum atomic E-state index is 12.8. The summed E-state index contributed by atoms with van der Waals surface area (Å²) in [5.74, 6) is 0.544. The Morgan fingerprint density at radius 2 is 2.20 bits per heavy atom. The zero-order valence-electron chi connectivity index (χ0n) is 15.3. The molecule has 5 heteroatoms. The van der Waals surface area contributed by atoms with Gasteiger partial charge in [0, 0.05) is 19.6 Å². The number of likely N-dealkylation sites (tertiary alicyclic amines) is 1. The van der Waals surface area contributed by atoms with Crippen molar-refractivity contribution in [3.05, 3.63) is 35.4 Å². The highest BCUT2D eigenvalue weighted by atomic mass is 16.3. The molecule has 2 unspecified atom stereocenters. The Hall–Kier alpha value is -1.59. The predicted molar refractivity (Wildman–Crippen MR) is 99.5 cm³/mol. The van der Waals surface area contributed by atoms with Gasteiger partial charge in [0.15, 0.2) is 0 Å². The molecule has 138 valence electrons. The number of aliphatic hydroxyl groups is 1. The van der Waals surface area contributed by atoms with Crippen LogP contribution in [0.4, 0.5) is 4.79 Å². The first kappa shape index (κ1) is 18.2. The highest BCUT2D eigenvalue weighted by Gasteiger charge is 2.31. The number of hydrogen-bond acceptors (Lipinski definition) is 3. The SMILES string of the molecule is CCCN1CCC(CNC(=O)N(CCO)C2CCc3ccccc32)C1. The third-order valence-corrected chi connectivity index (χ3v) is 5.53. The van der Waals surface area contributed by atoms with E-state index in [0.717, 1.165) is 45.4 Å². The minimum absolute atomic E-state index is 0.000205. The Morgan fingerprint density at radius 1 is 1.36 bits per heavy atom. The van der Waals surface area contributed by atoms with E-state index in [1.807, 2.05) is 11.0 Å². The molecule has 0 radical (unpaired) electrons. The average Bonchev–Trinajstić information content (AvgIpc) is 3.25. The zero-order chi connectivity index (χ0) is 17.6. The summed E-state index contributed by atoms with van der Waals surface area (Å²) < 4.78 is 0. The molecule has 1 aliphatic carbocycles. The van der Waals surface area contributed by atoms with Gasteiger partial charge in [-0.25, -0.2) is 4.79 Å². The van der Waals surface area contributed by atoms with Gasteiger partial charge in [-0.05, 0) is 55.8 Å². The van der Waals surface area contributed by atoms with Crippen molar-refractivity contribution in [2.75, 3.05) is 39.3 Å². The molecule has 5 nitrogen and oxygen atoms in total. The van der Waals surface area contributed by atoms with E-state index in [-0.39, 0.29) is 18.7 Å². The van der Waals surface area contributed by atoms with E-state index < -0.39 is 0 Å². The van der Waals surface area contributed by atoms with Crippen LogP contribution in [-0.2, 0) is 6.42 Å². The third-order valence-electron chi connectivity index (χ3n) is 5.53. The van der Waals surface area contributed by atoms with Crippen molar-refractivity contribution in [2.24, 2.45) is 5.92 Å². The van der Waals surface area contributed by atoms with Crippen LogP contribution >= 0.6 is 0 Å². The van der Waals surface area contributed by atoms with Crippen LogP contribution < -0.4 is 5.32 Å². The first-order valence-electron chi connectivity index (χ1n) is 9.68. The number of nitrogens with one attached hydrogen (secondary N) is 1. The lowest BCUT2D eigenvalue weighted by Crippen LogP contribution is -2.44. The Balaban J connectivity index is 1.57. The van der Waals surface area contributed by atoms with Crippen LogP contribution in [0, 0.1) is 5.92 Å². The molecule has 3 rings (SSSR count). The van der Waals surface area contributed by atoms with Crippen LogP contribution in [0.2, 0.25) is 0 Å². The molecule has 1 fully saturated rings. The van der Waals surface area contributed by atoms with Crippen molar-refractivity contribution >= 4 is 6.03 Å². The van der Waals surface area contributed by atoms with Crippen molar-refractivity contribution in [3.8, 4) is 0 Å². The van der Waals surface area contributed by atoms with Crippen LogP contribution in [0.15, 0.2) is 24.3 Å². The van der Waals surface area contributed by atoms with Gasteiger partial charge < -0.3 is 20.2 Å². The Kier molecular flexibility index (Phi) is 6.32. The van der Waals surface area contributed by atoms with Gasteiger partial charge >= 0.3 is 6.03 Å². The molecular formula is C20H31N3O2. The molecule has 1 saturated heterocycles. The second-order valence-corrected chi connectivity index (χ2v) is 7.31. The number of nitrogens with zero attached hydrogens (tertiary/aromatic N) is 2. The highest BCUT2D eigenvalue weighted by Crippen LogP contribution is 2.35. The summed E-state index contributed by atoms with van der Waals surface area (Å²) >= 11 is 0. The van der Waals surface area contributed by atoms with E-state index in [9.17, 15) is 9.90 Å². The zero-order valence-corrected chi connectivity index (χ0v) is 15.3. The van der Waals surface area contributed by atoms with Crippen LogP contribution in [-0.4, -0.2) is 60.3 Å². The minimum Gasteiger partial charge on any atom is -0.395 e. The molecule has 1 heterocycles. The fraction of sp³-hybridized carbons (Fsp3) is 0.650. The lowest BCUT2D eigenvalue weighted by molar-refractivity contribution is 0.150. The molecule has 1 aromatic carbocycles. The quantitative estimate of drug-likeness (QED) is 0.798. The van der Waals surface area contributed by atoms with Gasteiger partial charge in [0.25, 0.3) is 0 Å². The fourth-order valence-electron chi connectivity index (χ4n) is 4.30. The number of urea groups is 1. The van der Waals surface area contributed by atoms with E-state index in [2.05, 4.69) is 35.3 Å². The number of fused-ring (bicyclic) bond motifs is 1. The summed E-state index contributed by atoms with van der Waals surface area (Å²) in [5.41, 5.74) is 2.57. The van der Waals surface area contributed by atoms with E-state index in [4.69, 9.17) is 0 Å². The largest absolute Gasteiger partial charge is 0.395 e. The molecule has 25 heavy (non-hydrogen) atoms. The standard InChI is InChI=1S/C20H31N3O2/c1-2-10-22-11-9-16(15-22)14-21-20(25)23(12-13-24)19-8-7-17-5-3-4-6-18(17)19/h3-6,16,19,24H,2,7-15H2,1H3,(H,21,25). The maximum Gasteiger partial charge on any atom is 0.318 e. The molecule has 0 spiro atoms. The lowest BCUT2D eigenvalue weighted by Gasteiger charge is -2.30. The van der Waals surface area contributed by atoms with Crippen molar-refractivity contribution in [3.63, 3.8) is 0 Å². The molecule has 0 bridgehead atoms. The fourth-order valence-corrected chi connectivity index (χ4v) is 4.30. The van der Waals surface area contributed by atoms with Gasteiger partial charge in [-0.2, -0.15) is 0 Å². The molecule has 1 aromatic rings. The van der Waals surface area contributed by atoms with Crippen molar-refractivity contribution in [1.82, 2.24) is 15.1 Å². The van der Waals surface area contributed by atoms with Crippen LogP contribution in [0.1, 0.15) is 43.4 Å². The molecule has 0 aromatic heterocycles. The second-order valence-electron chi connectivity index (χ2n) is 7.31.